The fourth-order valence-corrected chi connectivity index (χ4v) is 5.20. The number of carbonyl (C=O) groups is 1. The van der Waals surface area contributed by atoms with Gasteiger partial charge in [-0.3, -0.25) is 0 Å². The van der Waals surface area contributed by atoms with Gasteiger partial charge in [-0.25, -0.2) is 14.8 Å². The molecule has 0 bridgehead atoms. The van der Waals surface area contributed by atoms with Gasteiger partial charge in [0.1, 0.15) is 11.4 Å². The lowest BCUT2D eigenvalue weighted by atomic mass is 10.0. The molecule has 0 aliphatic carbocycles. The molecule has 5 nitrogen and oxygen atoms in total. The minimum Gasteiger partial charge on any atom is -0.478 e. The van der Waals surface area contributed by atoms with Gasteiger partial charge in [-0.15, -0.1) is 22.7 Å². The van der Waals surface area contributed by atoms with Crippen molar-refractivity contribution in [3.63, 3.8) is 0 Å². The Balaban J connectivity index is 1.74. The summed E-state index contributed by atoms with van der Waals surface area (Å²) in [6, 6.07) is 8.91. The maximum atomic E-state index is 13.4. The topological polar surface area (TPSA) is 75.1 Å². The van der Waals surface area contributed by atoms with Gasteiger partial charge in [-0.2, -0.15) is 13.2 Å². The predicted molar refractivity (Wildman–Crippen MR) is 129 cm³/mol. The van der Waals surface area contributed by atoms with E-state index in [9.17, 15) is 23.1 Å². The Labute approximate surface area is 205 Å². The van der Waals surface area contributed by atoms with Crippen LogP contribution in [0.15, 0.2) is 48.0 Å². The largest absolute Gasteiger partial charge is 0.478 e. The molecular formula is C23H17ClF3N3O2S2. The van der Waals surface area contributed by atoms with Gasteiger partial charge in [0.2, 0.25) is 0 Å². The zero-order chi connectivity index (χ0) is 24.6. The summed E-state index contributed by atoms with van der Waals surface area (Å²) < 4.78 is 40.1. The summed E-state index contributed by atoms with van der Waals surface area (Å²) in [6.07, 6.45) is -3.04. The molecule has 0 saturated heterocycles. The average Bonchev–Trinajstić information content (AvgIpc) is 3.44. The Morgan fingerprint density at radius 3 is 2.56 bits per heavy atom. The monoisotopic (exact) mass is 523 g/mol. The Kier molecular flexibility index (Phi) is 6.66. The van der Waals surface area contributed by atoms with Crippen molar-refractivity contribution in [1.82, 2.24) is 9.97 Å². The van der Waals surface area contributed by atoms with Crippen molar-refractivity contribution in [2.75, 3.05) is 5.32 Å². The Hall–Kier alpha value is -2.95. The van der Waals surface area contributed by atoms with Crippen LogP contribution in [0.3, 0.4) is 0 Å². The lowest BCUT2D eigenvalue weighted by molar-refractivity contribution is -0.137. The standard InChI is InChI=1S/C23H17ClF3N3O2S2/c1-11(2)19-18(12-5-6-16(24)15(9-12)23(25,26)27)29-22(34-19)30-20-14(21(31)32)8-13(10-28-20)17-4-3-7-33-17/h3-11H,1-2H3,(H,31,32)(H,28,29,30). The molecule has 34 heavy (non-hydrogen) atoms. The van der Waals surface area contributed by atoms with Crippen LogP contribution in [-0.2, 0) is 6.18 Å². The molecule has 0 amide bonds. The first kappa shape index (κ1) is 24.2. The number of anilines is 2. The minimum absolute atomic E-state index is 0.0406. The summed E-state index contributed by atoms with van der Waals surface area (Å²) in [5.41, 5.74) is 0.324. The molecule has 0 spiro atoms. The van der Waals surface area contributed by atoms with E-state index in [1.165, 1.54) is 40.9 Å². The maximum absolute atomic E-state index is 13.4. The highest BCUT2D eigenvalue weighted by Gasteiger charge is 2.34. The first-order valence-corrected chi connectivity index (χ1v) is 12.0. The third-order valence-corrected chi connectivity index (χ3v) is 7.39. The Morgan fingerprint density at radius 1 is 1.18 bits per heavy atom. The van der Waals surface area contributed by atoms with Crippen LogP contribution in [0.1, 0.15) is 40.6 Å². The molecular weight excluding hydrogens is 507 g/mol. The van der Waals surface area contributed by atoms with Crippen LogP contribution in [0.5, 0.6) is 0 Å². The van der Waals surface area contributed by atoms with E-state index in [-0.39, 0.29) is 22.9 Å². The number of benzene rings is 1. The molecule has 0 aliphatic rings. The van der Waals surface area contributed by atoms with Crippen molar-refractivity contribution in [1.29, 1.82) is 0 Å². The van der Waals surface area contributed by atoms with Crippen LogP contribution in [0.25, 0.3) is 21.7 Å². The average molecular weight is 524 g/mol. The molecule has 0 radical (unpaired) electrons. The molecule has 1 aromatic carbocycles. The highest BCUT2D eigenvalue weighted by atomic mass is 35.5. The summed E-state index contributed by atoms with van der Waals surface area (Å²) in [4.78, 5) is 22.3. The maximum Gasteiger partial charge on any atom is 0.417 e. The molecule has 0 fully saturated rings. The zero-order valence-corrected chi connectivity index (χ0v) is 20.2. The lowest BCUT2D eigenvalue weighted by Gasteiger charge is -2.11. The number of rotatable bonds is 6. The summed E-state index contributed by atoms with van der Waals surface area (Å²) >= 11 is 8.46. The van der Waals surface area contributed by atoms with Gasteiger partial charge >= 0.3 is 12.1 Å². The second kappa shape index (κ2) is 9.36. The molecule has 4 aromatic rings. The van der Waals surface area contributed by atoms with Crippen LogP contribution >= 0.6 is 34.3 Å². The van der Waals surface area contributed by atoms with E-state index in [4.69, 9.17) is 11.6 Å². The van der Waals surface area contributed by atoms with Crippen LogP contribution in [-0.4, -0.2) is 21.0 Å². The number of pyridine rings is 1. The number of thiophene rings is 1. The number of halogens is 4. The Bertz CT molecular complexity index is 1350. The molecule has 2 N–H and O–H groups in total. The van der Waals surface area contributed by atoms with E-state index in [0.29, 0.717) is 16.4 Å². The number of thiazole rings is 1. The first-order chi connectivity index (χ1) is 16.0. The fraction of sp³-hybridized carbons (Fsp3) is 0.174. The van der Waals surface area contributed by atoms with Crippen LogP contribution in [0, 0.1) is 0 Å². The number of hydrogen-bond acceptors (Lipinski definition) is 6. The minimum atomic E-state index is -4.60. The highest BCUT2D eigenvalue weighted by molar-refractivity contribution is 7.16. The third kappa shape index (κ3) is 4.94. The van der Waals surface area contributed by atoms with Crippen molar-refractivity contribution in [2.45, 2.75) is 25.9 Å². The summed E-state index contributed by atoms with van der Waals surface area (Å²) in [5.74, 6) is -1.11. The van der Waals surface area contributed by atoms with Gasteiger partial charge in [-0.1, -0.05) is 37.6 Å². The molecule has 11 heteroatoms. The van der Waals surface area contributed by atoms with E-state index in [0.717, 1.165) is 15.8 Å². The molecule has 3 aromatic heterocycles. The summed E-state index contributed by atoms with van der Waals surface area (Å²) in [7, 11) is 0. The third-order valence-electron chi connectivity index (χ3n) is 4.87. The second-order valence-electron chi connectivity index (χ2n) is 7.61. The van der Waals surface area contributed by atoms with Crippen LogP contribution < -0.4 is 5.32 Å². The van der Waals surface area contributed by atoms with E-state index >= 15 is 0 Å². The van der Waals surface area contributed by atoms with Crippen molar-refractivity contribution in [3.05, 3.63) is 69.0 Å². The molecule has 4 rings (SSSR count). The molecule has 0 aliphatic heterocycles. The SMILES string of the molecule is CC(C)c1sc(Nc2ncc(-c3cccs3)cc2C(=O)O)nc1-c1ccc(Cl)c(C(F)(F)F)c1. The Morgan fingerprint density at radius 2 is 1.94 bits per heavy atom. The molecule has 0 saturated carbocycles. The number of carboxylic acid groups (broad SMARTS) is 1. The predicted octanol–water partition coefficient (Wildman–Crippen LogP) is 8.17. The van der Waals surface area contributed by atoms with Gasteiger partial charge < -0.3 is 10.4 Å². The smallest absolute Gasteiger partial charge is 0.417 e. The molecule has 0 unspecified atom stereocenters. The number of nitrogens with one attached hydrogen (secondary N) is 1. The van der Waals surface area contributed by atoms with Gasteiger partial charge in [0.25, 0.3) is 0 Å². The number of carboxylic acids is 1. The number of alkyl halides is 3. The number of aromatic nitrogens is 2. The van der Waals surface area contributed by atoms with Crippen molar-refractivity contribution >= 4 is 51.2 Å². The van der Waals surface area contributed by atoms with Crippen molar-refractivity contribution in [3.8, 4) is 21.7 Å². The van der Waals surface area contributed by atoms with E-state index in [1.54, 1.807) is 6.20 Å². The highest BCUT2D eigenvalue weighted by Crippen LogP contribution is 2.41. The number of nitrogens with zero attached hydrogens (tertiary/aromatic N) is 2. The normalized spacial score (nSPS) is 11.7. The van der Waals surface area contributed by atoms with Gasteiger partial charge in [0.15, 0.2) is 5.13 Å². The molecule has 176 valence electrons. The summed E-state index contributed by atoms with van der Waals surface area (Å²) in [6.45, 7) is 3.80. The van der Waals surface area contributed by atoms with Gasteiger partial charge in [0, 0.05) is 27.1 Å². The zero-order valence-electron chi connectivity index (χ0n) is 17.8. The second-order valence-corrected chi connectivity index (χ2v) is 9.99. The van der Waals surface area contributed by atoms with Gasteiger partial charge in [0.05, 0.1) is 16.3 Å². The van der Waals surface area contributed by atoms with Crippen LogP contribution in [0.2, 0.25) is 5.02 Å². The summed E-state index contributed by atoms with van der Waals surface area (Å²) in [5, 5.41) is 14.5. The van der Waals surface area contributed by atoms with Crippen LogP contribution in [0.4, 0.5) is 24.1 Å². The van der Waals surface area contributed by atoms with Crippen molar-refractivity contribution < 1.29 is 23.1 Å². The van der Waals surface area contributed by atoms with E-state index < -0.39 is 22.7 Å². The number of aromatic carboxylic acids is 1. The molecule has 0 atom stereocenters. The number of hydrogen-bond donors (Lipinski definition) is 2. The lowest BCUT2D eigenvalue weighted by Crippen LogP contribution is -2.06. The first-order valence-electron chi connectivity index (χ1n) is 9.96. The van der Waals surface area contributed by atoms with E-state index in [2.05, 4.69) is 15.3 Å². The quantitative estimate of drug-likeness (QED) is 0.266. The molecule has 3 heterocycles. The fourth-order valence-electron chi connectivity index (χ4n) is 3.28. The van der Waals surface area contributed by atoms with Gasteiger partial charge in [-0.05, 0) is 35.6 Å². The van der Waals surface area contributed by atoms with Crippen molar-refractivity contribution in [2.24, 2.45) is 0 Å². The van der Waals surface area contributed by atoms with E-state index in [1.807, 2.05) is 31.4 Å².